The fourth-order valence-electron chi connectivity index (χ4n) is 3.37. The van der Waals surface area contributed by atoms with Crippen LogP contribution in [0.2, 0.25) is 0 Å². The lowest BCUT2D eigenvalue weighted by Gasteiger charge is -2.06. The Balaban J connectivity index is 1.60. The van der Waals surface area contributed by atoms with Crippen molar-refractivity contribution < 1.29 is 9.90 Å². The van der Waals surface area contributed by atoms with Crippen LogP contribution < -0.4 is 0 Å². The van der Waals surface area contributed by atoms with Crippen LogP contribution in [0.1, 0.15) is 50.2 Å². The van der Waals surface area contributed by atoms with Crippen LogP contribution in [-0.2, 0) is 17.6 Å². The molecule has 0 fully saturated rings. The van der Waals surface area contributed by atoms with Gasteiger partial charge >= 0.3 is 5.97 Å². The summed E-state index contributed by atoms with van der Waals surface area (Å²) in [4.78, 5) is 19.8. The van der Waals surface area contributed by atoms with Crippen LogP contribution in [0.3, 0.4) is 0 Å². The van der Waals surface area contributed by atoms with Crippen molar-refractivity contribution in [3.8, 4) is 22.5 Å². The van der Waals surface area contributed by atoms with Gasteiger partial charge in [-0.05, 0) is 29.5 Å². The number of rotatable bonds is 10. The molecule has 0 saturated carbocycles. The Morgan fingerprint density at radius 1 is 0.759 bits per heavy atom. The summed E-state index contributed by atoms with van der Waals surface area (Å²) in [6.45, 7) is 2.24. The van der Waals surface area contributed by atoms with Gasteiger partial charge in [0.05, 0.1) is 6.42 Å². The molecule has 0 spiro atoms. The second kappa shape index (κ2) is 10.5. The zero-order chi connectivity index (χ0) is 20.5. The van der Waals surface area contributed by atoms with Gasteiger partial charge in [-0.2, -0.15) is 0 Å². The van der Waals surface area contributed by atoms with Gasteiger partial charge in [-0.15, -0.1) is 0 Å². The zero-order valence-corrected chi connectivity index (χ0v) is 17.0. The molecule has 0 amide bonds. The number of carboxylic acid groups (broad SMARTS) is 1. The molecule has 0 aliphatic rings. The minimum absolute atomic E-state index is 0.0322. The van der Waals surface area contributed by atoms with Gasteiger partial charge in [-0.25, -0.2) is 9.97 Å². The largest absolute Gasteiger partial charge is 0.481 e. The Bertz CT molecular complexity index is 901. The Hall–Kier alpha value is -3.01. The molecule has 0 unspecified atom stereocenters. The molecular weight excluding hydrogens is 360 g/mol. The highest BCUT2D eigenvalue weighted by molar-refractivity contribution is 5.71. The lowest BCUT2D eigenvalue weighted by Crippen LogP contribution is -1.99. The molecule has 2 aromatic carbocycles. The van der Waals surface area contributed by atoms with Crippen molar-refractivity contribution >= 4 is 5.97 Å². The molecule has 3 aromatic rings. The van der Waals surface area contributed by atoms with Gasteiger partial charge in [-0.1, -0.05) is 81.1 Å². The fraction of sp³-hybridized carbons (Fsp3) is 0.320. The summed E-state index contributed by atoms with van der Waals surface area (Å²) in [5.74, 6) is -0.112. The maximum Gasteiger partial charge on any atom is 0.307 e. The van der Waals surface area contributed by atoms with E-state index in [0.29, 0.717) is 5.82 Å². The standard InChI is InChI=1S/C25H28N2O2/c1-2-3-4-5-6-7-19-8-14-22(15-9-19)25-26-17-23(18-27-25)21-12-10-20(11-13-21)16-24(28)29/h8-15,17-18H,2-7,16H2,1H3,(H,28,29). The average molecular weight is 389 g/mol. The molecule has 0 aliphatic carbocycles. The SMILES string of the molecule is CCCCCCCc1ccc(-c2ncc(-c3ccc(CC(=O)O)cc3)cn2)cc1. The van der Waals surface area contributed by atoms with E-state index in [0.717, 1.165) is 28.7 Å². The third-order valence-electron chi connectivity index (χ3n) is 5.08. The number of carbonyl (C=O) groups is 1. The highest BCUT2D eigenvalue weighted by Gasteiger charge is 2.05. The van der Waals surface area contributed by atoms with Gasteiger partial charge in [-0.3, -0.25) is 4.79 Å². The lowest BCUT2D eigenvalue weighted by molar-refractivity contribution is -0.136. The first-order valence-corrected chi connectivity index (χ1v) is 10.4. The summed E-state index contributed by atoms with van der Waals surface area (Å²) >= 11 is 0. The van der Waals surface area contributed by atoms with Crippen molar-refractivity contribution in [2.24, 2.45) is 0 Å². The Labute approximate surface area is 172 Å². The second-order valence-electron chi connectivity index (χ2n) is 7.42. The highest BCUT2D eigenvalue weighted by atomic mass is 16.4. The van der Waals surface area contributed by atoms with Gasteiger partial charge in [0.1, 0.15) is 0 Å². The van der Waals surface area contributed by atoms with Crippen LogP contribution >= 0.6 is 0 Å². The number of aryl methyl sites for hydroxylation is 1. The van der Waals surface area contributed by atoms with E-state index in [1.54, 1.807) is 0 Å². The summed E-state index contributed by atoms with van der Waals surface area (Å²) in [6, 6.07) is 16.0. The highest BCUT2D eigenvalue weighted by Crippen LogP contribution is 2.22. The molecule has 0 bridgehead atoms. The molecule has 0 atom stereocenters. The molecule has 1 heterocycles. The van der Waals surface area contributed by atoms with E-state index in [4.69, 9.17) is 5.11 Å². The molecule has 3 rings (SSSR count). The van der Waals surface area contributed by atoms with E-state index in [2.05, 4.69) is 41.2 Å². The molecule has 1 aromatic heterocycles. The van der Waals surface area contributed by atoms with E-state index in [-0.39, 0.29) is 6.42 Å². The van der Waals surface area contributed by atoms with Crippen molar-refractivity contribution in [1.82, 2.24) is 9.97 Å². The van der Waals surface area contributed by atoms with Crippen LogP contribution in [0.15, 0.2) is 60.9 Å². The van der Waals surface area contributed by atoms with Crippen molar-refractivity contribution in [3.05, 3.63) is 72.1 Å². The summed E-state index contributed by atoms with van der Waals surface area (Å²) in [5.41, 5.74) is 5.05. The number of carboxylic acids is 1. The topological polar surface area (TPSA) is 63.1 Å². The molecule has 1 N–H and O–H groups in total. The minimum atomic E-state index is -0.826. The van der Waals surface area contributed by atoms with E-state index >= 15 is 0 Å². The number of hydrogen-bond acceptors (Lipinski definition) is 3. The fourth-order valence-corrected chi connectivity index (χ4v) is 3.37. The molecule has 0 radical (unpaired) electrons. The number of unbranched alkanes of at least 4 members (excludes halogenated alkanes) is 4. The monoisotopic (exact) mass is 388 g/mol. The van der Waals surface area contributed by atoms with E-state index < -0.39 is 5.97 Å². The van der Waals surface area contributed by atoms with Crippen LogP contribution in [0.4, 0.5) is 0 Å². The van der Waals surface area contributed by atoms with Gasteiger partial charge in [0.15, 0.2) is 5.82 Å². The van der Waals surface area contributed by atoms with Gasteiger partial charge < -0.3 is 5.11 Å². The molecule has 4 heteroatoms. The Morgan fingerprint density at radius 3 is 1.97 bits per heavy atom. The van der Waals surface area contributed by atoms with Crippen LogP contribution in [0, 0.1) is 0 Å². The average Bonchev–Trinajstić information content (AvgIpc) is 2.74. The molecule has 4 nitrogen and oxygen atoms in total. The molecular formula is C25H28N2O2. The quantitative estimate of drug-likeness (QED) is 0.436. The van der Waals surface area contributed by atoms with Crippen molar-refractivity contribution in [1.29, 1.82) is 0 Å². The first-order valence-electron chi connectivity index (χ1n) is 10.4. The maximum absolute atomic E-state index is 10.8. The van der Waals surface area contributed by atoms with Crippen LogP contribution in [0.25, 0.3) is 22.5 Å². The maximum atomic E-state index is 10.8. The predicted octanol–water partition coefficient (Wildman–Crippen LogP) is 5.95. The smallest absolute Gasteiger partial charge is 0.307 e. The molecule has 29 heavy (non-hydrogen) atoms. The number of aromatic nitrogens is 2. The van der Waals surface area contributed by atoms with Crippen molar-refractivity contribution in [2.45, 2.75) is 51.9 Å². The van der Waals surface area contributed by atoms with E-state index in [1.807, 2.05) is 36.7 Å². The minimum Gasteiger partial charge on any atom is -0.481 e. The van der Waals surface area contributed by atoms with Gasteiger partial charge in [0, 0.05) is 23.5 Å². The second-order valence-corrected chi connectivity index (χ2v) is 7.42. The number of aliphatic carboxylic acids is 1. The van der Waals surface area contributed by atoms with Gasteiger partial charge in [0.2, 0.25) is 0 Å². The predicted molar refractivity (Wildman–Crippen MR) is 117 cm³/mol. The summed E-state index contributed by atoms with van der Waals surface area (Å²) in [6.07, 6.45) is 11.3. The van der Waals surface area contributed by atoms with Crippen LogP contribution in [-0.4, -0.2) is 21.0 Å². The first kappa shape index (κ1) is 20.7. The summed E-state index contributed by atoms with van der Waals surface area (Å²) in [5, 5.41) is 8.86. The molecule has 0 aliphatic heterocycles. The van der Waals surface area contributed by atoms with Crippen molar-refractivity contribution in [3.63, 3.8) is 0 Å². The first-order chi connectivity index (χ1) is 14.2. The normalized spacial score (nSPS) is 10.8. The summed E-state index contributed by atoms with van der Waals surface area (Å²) in [7, 11) is 0. The van der Waals surface area contributed by atoms with Gasteiger partial charge in [0.25, 0.3) is 0 Å². The lowest BCUT2D eigenvalue weighted by atomic mass is 10.0. The third-order valence-corrected chi connectivity index (χ3v) is 5.08. The van der Waals surface area contributed by atoms with E-state index in [9.17, 15) is 4.79 Å². The Kier molecular flexibility index (Phi) is 7.51. The molecule has 0 saturated heterocycles. The van der Waals surface area contributed by atoms with Crippen molar-refractivity contribution in [2.75, 3.05) is 0 Å². The summed E-state index contributed by atoms with van der Waals surface area (Å²) < 4.78 is 0. The Morgan fingerprint density at radius 2 is 1.34 bits per heavy atom. The number of hydrogen-bond donors (Lipinski definition) is 1. The molecule has 150 valence electrons. The number of benzene rings is 2. The third kappa shape index (κ3) is 6.24. The van der Waals surface area contributed by atoms with Crippen LogP contribution in [0.5, 0.6) is 0 Å². The van der Waals surface area contributed by atoms with E-state index in [1.165, 1.54) is 37.7 Å². The zero-order valence-electron chi connectivity index (χ0n) is 17.0. The number of nitrogens with zero attached hydrogens (tertiary/aromatic N) is 2.